The predicted molar refractivity (Wildman–Crippen MR) is 122 cm³/mol. The molecule has 0 unspecified atom stereocenters. The smallest absolute Gasteiger partial charge is 0.266 e. The lowest BCUT2D eigenvalue weighted by atomic mass is 10.2. The highest BCUT2D eigenvalue weighted by Gasteiger charge is 2.31. The van der Waals surface area contributed by atoms with Gasteiger partial charge < -0.3 is 10.1 Å². The lowest BCUT2D eigenvalue weighted by molar-refractivity contribution is -0.122. The number of anilines is 1. The molecule has 1 heterocycles. The van der Waals surface area contributed by atoms with Crippen molar-refractivity contribution in [3.05, 3.63) is 77.2 Å². The molecule has 0 aromatic heterocycles. The molecule has 0 aliphatic carbocycles. The normalized spacial score (nSPS) is 15.3. The number of hydrogen-bond donors (Lipinski definition) is 1. The van der Waals surface area contributed by atoms with Crippen LogP contribution in [0.25, 0.3) is 6.08 Å². The SMILES string of the molecule is COc1cccc(NC(=O)CCN2C(=O)C(=CC=Cc3ccccc3)SC2=S)c1. The Labute approximate surface area is 179 Å². The van der Waals surface area contributed by atoms with E-state index >= 15 is 0 Å². The number of nitrogens with zero attached hydrogens (tertiary/aromatic N) is 1. The van der Waals surface area contributed by atoms with Gasteiger partial charge in [-0.25, -0.2) is 0 Å². The zero-order valence-corrected chi connectivity index (χ0v) is 17.5. The number of nitrogens with one attached hydrogen (secondary N) is 1. The molecule has 2 aromatic carbocycles. The number of rotatable bonds is 7. The van der Waals surface area contributed by atoms with Gasteiger partial charge in [0.25, 0.3) is 5.91 Å². The van der Waals surface area contributed by atoms with E-state index in [0.717, 1.165) is 5.56 Å². The largest absolute Gasteiger partial charge is 0.497 e. The maximum absolute atomic E-state index is 12.6. The van der Waals surface area contributed by atoms with Crippen LogP contribution in [0.1, 0.15) is 12.0 Å². The second-order valence-electron chi connectivity index (χ2n) is 6.16. The number of hydrogen-bond acceptors (Lipinski definition) is 5. The molecule has 1 aliphatic rings. The minimum atomic E-state index is -0.194. The molecular weight excluding hydrogens is 404 g/mol. The number of benzene rings is 2. The summed E-state index contributed by atoms with van der Waals surface area (Å²) in [4.78, 5) is 26.8. The van der Waals surface area contributed by atoms with Gasteiger partial charge in [-0.15, -0.1) is 0 Å². The second kappa shape index (κ2) is 10.0. The molecule has 2 aromatic rings. The summed E-state index contributed by atoms with van der Waals surface area (Å²) in [5.74, 6) is 0.292. The van der Waals surface area contributed by atoms with Gasteiger partial charge in [0.2, 0.25) is 5.91 Å². The van der Waals surface area contributed by atoms with Crippen molar-refractivity contribution in [3.8, 4) is 5.75 Å². The van der Waals surface area contributed by atoms with Gasteiger partial charge in [0, 0.05) is 24.7 Å². The number of ether oxygens (including phenoxy) is 1. The molecule has 1 saturated heterocycles. The lowest BCUT2D eigenvalue weighted by Gasteiger charge is -2.14. The molecule has 148 valence electrons. The number of carbonyl (C=O) groups excluding carboxylic acids is 2. The van der Waals surface area contributed by atoms with Crippen LogP contribution in [-0.4, -0.2) is 34.7 Å². The zero-order chi connectivity index (χ0) is 20.6. The molecule has 2 amide bonds. The first-order valence-electron chi connectivity index (χ1n) is 8.98. The quantitative estimate of drug-likeness (QED) is 0.525. The summed E-state index contributed by atoms with van der Waals surface area (Å²) in [7, 11) is 1.57. The molecule has 1 fully saturated rings. The summed E-state index contributed by atoms with van der Waals surface area (Å²) >= 11 is 6.55. The van der Waals surface area contributed by atoms with E-state index in [4.69, 9.17) is 17.0 Å². The van der Waals surface area contributed by atoms with E-state index < -0.39 is 0 Å². The van der Waals surface area contributed by atoms with E-state index in [1.165, 1.54) is 16.7 Å². The van der Waals surface area contributed by atoms with Crippen LogP contribution in [0.5, 0.6) is 5.75 Å². The third-order valence-corrected chi connectivity index (χ3v) is 5.52. The number of amides is 2. The number of thiocarbonyl (C=S) groups is 1. The Balaban J connectivity index is 1.55. The Bertz CT molecular complexity index is 971. The van der Waals surface area contributed by atoms with E-state index in [1.807, 2.05) is 42.5 Å². The first-order valence-corrected chi connectivity index (χ1v) is 10.2. The van der Waals surface area contributed by atoms with Crippen LogP contribution < -0.4 is 10.1 Å². The van der Waals surface area contributed by atoms with E-state index in [1.54, 1.807) is 37.5 Å². The fourth-order valence-electron chi connectivity index (χ4n) is 2.66. The summed E-state index contributed by atoms with van der Waals surface area (Å²) in [5, 5.41) is 2.80. The predicted octanol–water partition coefficient (Wildman–Crippen LogP) is 4.48. The maximum Gasteiger partial charge on any atom is 0.266 e. The Hall–Kier alpha value is -2.90. The Morgan fingerprint density at radius 3 is 2.76 bits per heavy atom. The molecule has 0 atom stereocenters. The van der Waals surface area contributed by atoms with Gasteiger partial charge >= 0.3 is 0 Å². The van der Waals surface area contributed by atoms with E-state index in [-0.39, 0.29) is 24.8 Å². The van der Waals surface area contributed by atoms with Crippen molar-refractivity contribution in [2.24, 2.45) is 0 Å². The summed E-state index contributed by atoms with van der Waals surface area (Å²) in [6, 6.07) is 16.9. The van der Waals surface area contributed by atoms with Crippen LogP contribution in [0.15, 0.2) is 71.7 Å². The summed E-state index contributed by atoms with van der Waals surface area (Å²) in [5.41, 5.74) is 1.69. The fourth-order valence-corrected chi connectivity index (χ4v) is 3.92. The van der Waals surface area contributed by atoms with Gasteiger partial charge in [-0.1, -0.05) is 72.5 Å². The minimum absolute atomic E-state index is 0.150. The highest BCUT2D eigenvalue weighted by molar-refractivity contribution is 8.26. The Morgan fingerprint density at radius 1 is 1.21 bits per heavy atom. The molecule has 1 aliphatic heterocycles. The summed E-state index contributed by atoms with van der Waals surface area (Å²) in [6.07, 6.45) is 5.66. The van der Waals surface area contributed by atoms with Gasteiger partial charge in [-0.2, -0.15) is 0 Å². The monoisotopic (exact) mass is 424 g/mol. The van der Waals surface area contributed by atoms with Crippen molar-refractivity contribution in [3.63, 3.8) is 0 Å². The molecule has 5 nitrogen and oxygen atoms in total. The first-order chi connectivity index (χ1) is 14.1. The Kier molecular flexibility index (Phi) is 7.21. The first kappa shape index (κ1) is 20.8. The number of carbonyl (C=O) groups is 2. The average Bonchev–Trinajstić information content (AvgIpc) is 3.00. The van der Waals surface area contributed by atoms with Crippen molar-refractivity contribution in [2.75, 3.05) is 19.0 Å². The standard InChI is InChI=1S/C22H20N2O3S2/c1-27-18-11-6-10-17(15-18)23-20(25)13-14-24-21(26)19(29-22(24)28)12-5-9-16-7-3-2-4-8-16/h2-12,15H,13-14H2,1H3,(H,23,25). The zero-order valence-electron chi connectivity index (χ0n) is 15.8. The van der Waals surface area contributed by atoms with Crippen LogP contribution in [0.4, 0.5) is 5.69 Å². The summed E-state index contributed by atoms with van der Waals surface area (Å²) in [6.45, 7) is 0.236. The highest BCUT2D eigenvalue weighted by Crippen LogP contribution is 2.31. The number of methoxy groups -OCH3 is 1. The second-order valence-corrected chi connectivity index (χ2v) is 7.83. The van der Waals surface area contributed by atoms with Gasteiger partial charge in [-0.05, 0) is 23.8 Å². The van der Waals surface area contributed by atoms with Gasteiger partial charge in [-0.3, -0.25) is 14.5 Å². The Morgan fingerprint density at radius 2 is 2.00 bits per heavy atom. The highest BCUT2D eigenvalue weighted by atomic mass is 32.2. The van der Waals surface area contributed by atoms with Crippen molar-refractivity contribution in [1.82, 2.24) is 4.90 Å². The maximum atomic E-state index is 12.6. The van der Waals surface area contributed by atoms with Crippen molar-refractivity contribution < 1.29 is 14.3 Å². The topological polar surface area (TPSA) is 58.6 Å². The van der Waals surface area contributed by atoms with Crippen LogP contribution in [0, 0.1) is 0 Å². The van der Waals surface area contributed by atoms with Gasteiger partial charge in [0.05, 0.1) is 12.0 Å². The van der Waals surface area contributed by atoms with Crippen molar-refractivity contribution >= 4 is 51.9 Å². The fraction of sp³-hybridized carbons (Fsp3) is 0.136. The molecule has 0 radical (unpaired) electrons. The molecule has 3 rings (SSSR count). The molecule has 0 saturated carbocycles. The van der Waals surface area contributed by atoms with E-state index in [9.17, 15) is 9.59 Å². The molecule has 1 N–H and O–H groups in total. The van der Waals surface area contributed by atoms with Crippen molar-refractivity contribution in [1.29, 1.82) is 0 Å². The van der Waals surface area contributed by atoms with E-state index in [0.29, 0.717) is 20.7 Å². The minimum Gasteiger partial charge on any atom is -0.497 e. The molecule has 0 bridgehead atoms. The van der Waals surface area contributed by atoms with Crippen LogP contribution in [0.2, 0.25) is 0 Å². The average molecular weight is 425 g/mol. The number of thioether (sulfide) groups is 1. The number of allylic oxidation sites excluding steroid dienone is 2. The third kappa shape index (κ3) is 5.79. The van der Waals surface area contributed by atoms with E-state index in [2.05, 4.69) is 5.32 Å². The van der Waals surface area contributed by atoms with Crippen LogP contribution in [0.3, 0.4) is 0 Å². The van der Waals surface area contributed by atoms with Crippen molar-refractivity contribution in [2.45, 2.75) is 6.42 Å². The van der Waals surface area contributed by atoms with Crippen LogP contribution >= 0.6 is 24.0 Å². The molecular formula is C22H20N2O3S2. The third-order valence-electron chi connectivity index (χ3n) is 4.13. The summed E-state index contributed by atoms with van der Waals surface area (Å²) < 4.78 is 5.60. The molecule has 0 spiro atoms. The van der Waals surface area contributed by atoms with Gasteiger partial charge in [0.15, 0.2) is 0 Å². The van der Waals surface area contributed by atoms with Gasteiger partial charge in [0.1, 0.15) is 10.1 Å². The lowest BCUT2D eigenvalue weighted by Crippen LogP contribution is -2.31. The molecule has 29 heavy (non-hydrogen) atoms. The molecule has 7 heteroatoms. The van der Waals surface area contributed by atoms with Crippen LogP contribution in [-0.2, 0) is 9.59 Å².